The number of hydrogen-bond donors (Lipinski definition) is 0. The highest BCUT2D eigenvalue weighted by Gasteiger charge is 2.34. The van der Waals surface area contributed by atoms with Gasteiger partial charge in [0, 0.05) is 104 Å². The van der Waals surface area contributed by atoms with Gasteiger partial charge < -0.3 is 32.0 Å². The molecule has 24 aromatic rings. The zero-order valence-electron chi connectivity index (χ0n) is 81.4. The lowest BCUT2D eigenvalue weighted by Crippen LogP contribution is -2.17. The molecule has 9 nitrogen and oxygen atoms in total. The summed E-state index contributed by atoms with van der Waals surface area (Å²) in [6.45, 7) is 41.8. The minimum absolute atomic E-state index is 0.0594. The number of hydrogen-bond acceptors (Lipinski definition) is 2. The third-order valence-corrected chi connectivity index (χ3v) is 29.1. The number of aromatic nitrogens is 7. The summed E-state index contributed by atoms with van der Waals surface area (Å²) in [5.74, 6) is 0. The fourth-order valence-corrected chi connectivity index (χ4v) is 22.1. The Balaban J connectivity index is 0.000000170. The summed E-state index contributed by atoms with van der Waals surface area (Å²) in [4.78, 5) is 0. The quantitative estimate of drug-likeness (QED) is 0.152. The summed E-state index contributed by atoms with van der Waals surface area (Å²) < 4.78 is 17.2. The van der Waals surface area contributed by atoms with Crippen LogP contribution >= 0.6 is 0 Å². The fourth-order valence-electron chi connectivity index (χ4n) is 22.1. The Morgan fingerprint density at radius 2 is 0.496 bits per heavy atom. The Morgan fingerprint density at radius 3 is 0.876 bits per heavy atom. The highest BCUT2D eigenvalue weighted by molar-refractivity contribution is 6.34. The molecule has 7 heterocycles. The smallest absolute Gasteiger partial charge is 0.102 e. The van der Waals surface area contributed by atoms with Crippen LogP contribution in [0, 0.1) is 22.7 Å². The maximum atomic E-state index is 11.4. The zero-order chi connectivity index (χ0) is 94.7. The van der Waals surface area contributed by atoms with Crippen molar-refractivity contribution in [3.63, 3.8) is 0 Å². The normalized spacial score (nSPS) is 12.7. The Bertz CT molecular complexity index is 9130. The first kappa shape index (κ1) is 85.5. The fraction of sp³-hybridized carbons (Fsp3) is 0.188. The summed E-state index contributed by atoms with van der Waals surface area (Å²) in [5.41, 5.74) is 33.6. The van der Waals surface area contributed by atoms with Crippen LogP contribution < -0.4 is 0 Å². The second-order valence-corrected chi connectivity index (χ2v) is 44.0. The molecule has 0 atom stereocenters. The molecule has 7 aromatic heterocycles. The first-order valence-electron chi connectivity index (χ1n) is 48.3. The van der Waals surface area contributed by atoms with Gasteiger partial charge in [0.25, 0.3) is 0 Å². The molecule has 137 heavy (non-hydrogen) atoms. The molecule has 0 N–H and O–H groups in total. The van der Waals surface area contributed by atoms with Crippen LogP contribution in [-0.4, -0.2) is 32.0 Å². The second-order valence-electron chi connectivity index (χ2n) is 44.0. The van der Waals surface area contributed by atoms with E-state index in [0.29, 0.717) is 11.1 Å². The molecule has 0 aliphatic carbocycles. The third kappa shape index (κ3) is 13.4. The van der Waals surface area contributed by atoms with Gasteiger partial charge in [-0.1, -0.05) is 331 Å². The molecular weight excluding hydrogens is 1660 g/mol. The van der Waals surface area contributed by atoms with Crippen LogP contribution in [0.5, 0.6) is 0 Å². The lowest BCUT2D eigenvalue weighted by atomic mass is 9.80. The lowest BCUT2D eigenvalue weighted by molar-refractivity contribution is 0.567. The molecule has 0 radical (unpaired) electrons. The van der Waals surface area contributed by atoms with E-state index in [-0.39, 0.29) is 32.5 Å². The van der Waals surface area contributed by atoms with Gasteiger partial charge in [-0.25, -0.2) is 0 Å². The van der Waals surface area contributed by atoms with Gasteiger partial charge in [-0.05, 0) is 211 Å². The summed E-state index contributed by atoms with van der Waals surface area (Å²) in [6.07, 6.45) is 0. The minimum Gasteiger partial charge on any atom is -0.309 e. The van der Waals surface area contributed by atoms with Crippen LogP contribution in [-0.2, 0) is 32.5 Å². The summed E-state index contributed by atoms with van der Waals surface area (Å²) in [6, 6.07) is 132. The van der Waals surface area contributed by atoms with Crippen LogP contribution in [0.25, 0.3) is 204 Å². The lowest BCUT2D eigenvalue weighted by Gasteiger charge is -2.27. The van der Waals surface area contributed by atoms with E-state index >= 15 is 0 Å². The van der Waals surface area contributed by atoms with Crippen LogP contribution in [0.4, 0.5) is 0 Å². The van der Waals surface area contributed by atoms with E-state index in [1.165, 1.54) is 131 Å². The molecule has 17 aromatic carbocycles. The molecule has 24 rings (SSSR count). The predicted octanol–water partition coefficient (Wildman–Crippen LogP) is 34.2. The van der Waals surface area contributed by atoms with Crippen molar-refractivity contribution in [3.05, 3.63) is 390 Å². The van der Waals surface area contributed by atoms with E-state index in [0.717, 1.165) is 106 Å². The van der Waals surface area contributed by atoms with E-state index in [2.05, 4.69) is 484 Å². The van der Waals surface area contributed by atoms with Crippen LogP contribution in [0.3, 0.4) is 0 Å². The van der Waals surface area contributed by atoms with Crippen molar-refractivity contribution >= 4 is 153 Å². The van der Waals surface area contributed by atoms with Gasteiger partial charge in [-0.2, -0.15) is 10.5 Å². The molecule has 0 aliphatic rings. The average Bonchev–Trinajstić information content (AvgIpc) is 1.51. The topological polar surface area (TPSA) is 82.1 Å². The van der Waals surface area contributed by atoms with Crippen LogP contribution in [0.15, 0.2) is 346 Å². The van der Waals surface area contributed by atoms with E-state index in [4.69, 9.17) is 0 Å². The van der Waals surface area contributed by atoms with Crippen molar-refractivity contribution in [2.45, 2.75) is 157 Å². The predicted molar refractivity (Wildman–Crippen MR) is 580 cm³/mol. The van der Waals surface area contributed by atoms with Gasteiger partial charge in [0.15, 0.2) is 0 Å². The number of para-hydroxylation sites is 7. The van der Waals surface area contributed by atoms with Crippen LogP contribution in [0.1, 0.15) is 169 Å². The zero-order valence-corrected chi connectivity index (χ0v) is 81.4. The Kier molecular flexibility index (Phi) is 19.3. The molecule has 0 amide bonds. The van der Waals surface area contributed by atoms with Crippen molar-refractivity contribution in [2.24, 2.45) is 0 Å². The molecule has 0 bridgehead atoms. The van der Waals surface area contributed by atoms with Crippen molar-refractivity contribution < 1.29 is 0 Å². The third-order valence-electron chi connectivity index (χ3n) is 29.1. The molecule has 0 unspecified atom stereocenters. The maximum absolute atomic E-state index is 11.4. The van der Waals surface area contributed by atoms with E-state index in [1.54, 1.807) is 0 Å². The molecule has 0 fully saturated rings. The van der Waals surface area contributed by atoms with E-state index in [1.807, 2.05) is 30.3 Å². The second kappa shape index (κ2) is 30.9. The summed E-state index contributed by atoms with van der Waals surface area (Å²) >= 11 is 0. The van der Waals surface area contributed by atoms with Crippen molar-refractivity contribution in [3.8, 4) is 63.1 Å². The molecule has 0 spiro atoms. The van der Waals surface area contributed by atoms with Gasteiger partial charge >= 0.3 is 0 Å². The Morgan fingerprint density at radius 1 is 0.197 bits per heavy atom. The molecule has 0 saturated heterocycles. The summed E-state index contributed by atoms with van der Waals surface area (Å²) in [5, 5.41) is 38.9. The molecule has 9 heteroatoms. The largest absolute Gasteiger partial charge is 0.309 e. The van der Waals surface area contributed by atoms with E-state index in [9.17, 15) is 10.5 Å². The number of fused-ring (bicyclic) bond motifs is 25. The molecule has 668 valence electrons. The van der Waals surface area contributed by atoms with Gasteiger partial charge in [0.2, 0.25) is 0 Å². The van der Waals surface area contributed by atoms with Gasteiger partial charge in [0.1, 0.15) is 12.1 Å². The highest BCUT2D eigenvalue weighted by atomic mass is 15.1. The van der Waals surface area contributed by atoms with Crippen molar-refractivity contribution in [1.29, 1.82) is 10.5 Å². The SMILES string of the molecule is CC(C)(C)c1cc(-n2c3ccccc3c3c2ccc2c4ccc5c(c6ccccc6n5-c5cccc(C#N)c5-n5c6ccc(C(C)(C)C)cc6c6cc(C(C)(C)C)ccc65)c4n(-c4cc(C(C)(C)C)cc(C(C)(C)C)c4)c23)cc(C(C)(C)C)c1.N#Cc1c(-c2ccccc2)cccc1-n1c2ccccc2c2c1ccc1c3ccc4c(c5ccccc5n4-c4ccccc4)c3n(-c3ccccc3)c12. The van der Waals surface area contributed by atoms with Gasteiger partial charge in [-0.3, -0.25) is 0 Å². The van der Waals surface area contributed by atoms with Crippen molar-refractivity contribution in [2.75, 3.05) is 0 Å². The van der Waals surface area contributed by atoms with Gasteiger partial charge in [0.05, 0.1) is 105 Å². The Labute approximate surface area is 800 Å². The van der Waals surface area contributed by atoms with Crippen LogP contribution in [0.2, 0.25) is 0 Å². The first-order chi connectivity index (χ1) is 65.7. The van der Waals surface area contributed by atoms with Gasteiger partial charge in [-0.15, -0.1) is 0 Å². The summed E-state index contributed by atoms with van der Waals surface area (Å²) in [7, 11) is 0. The number of nitriles is 2. The van der Waals surface area contributed by atoms with E-state index < -0.39 is 0 Å². The molecule has 0 saturated carbocycles. The number of rotatable bonds is 8. The maximum Gasteiger partial charge on any atom is 0.102 e. The monoisotopic (exact) mass is 1770 g/mol. The number of benzene rings is 17. The Hall–Kier alpha value is -15.7. The minimum atomic E-state index is -0.133. The van der Waals surface area contributed by atoms with Crippen molar-refractivity contribution in [1.82, 2.24) is 32.0 Å². The molecule has 0 aliphatic heterocycles. The number of nitrogens with zero attached hydrogens (tertiary/aromatic N) is 9. The molecular formula is C128H111N9. The highest BCUT2D eigenvalue weighted by Crippen LogP contribution is 2.53. The average molecular weight is 1780 g/mol. The standard InChI is InChI=1S/C79H81N5.C49H30N4/c1-74(2,3)48-30-34-64-60(44-48)61-45-49(75(4,5)6)31-35-65(61)84(64)71-47(46-80)24-23-29-68(71)83-63-28-22-20-26-59(63)70-67(83)37-33-57-56-32-36-66-69(72(56)82(73(57)70)55-42-52(78(13,14)15)39-53(43-55)79(16,17)18)58-25-19-21-27-62(58)81(66)54-40-50(76(7,8)9)38-51(41-54)77(10,11)12;50-31-40-35(32-15-4-1-5-16-32)23-14-26-43(40)53-42-25-13-11-22-39(42)47-45(53)30-28-37-36-27-29-44-46(48(36)52(49(37)47)34-19-8-3-9-20-34)38-21-10-12-24-41(38)51(44)33-17-6-2-7-18-33/h19-45H,1-18H3;1-30H. The first-order valence-corrected chi connectivity index (χ1v) is 48.3.